The van der Waals surface area contributed by atoms with Gasteiger partial charge in [0.25, 0.3) is 0 Å². The van der Waals surface area contributed by atoms with Crippen LogP contribution >= 0.6 is 0 Å². The molecule has 1 nitrogen and oxygen atoms in total. The van der Waals surface area contributed by atoms with Crippen molar-refractivity contribution in [3.63, 3.8) is 0 Å². The molecule has 1 spiro atoms. The van der Waals surface area contributed by atoms with E-state index < -0.39 is 8.07 Å². The molecule has 0 amide bonds. The van der Waals surface area contributed by atoms with Gasteiger partial charge in [-0.15, -0.1) is 0 Å². The molecule has 3 aliphatic rings. The lowest BCUT2D eigenvalue weighted by atomic mass is 9.74. The minimum atomic E-state index is -1.53. The first kappa shape index (κ1) is 15.6. The first-order chi connectivity index (χ1) is 10.8. The van der Waals surface area contributed by atoms with Crippen molar-refractivity contribution in [3.8, 4) is 0 Å². The molecule has 0 aliphatic heterocycles. The van der Waals surface area contributed by atoms with Crippen LogP contribution in [0.3, 0.4) is 0 Å². The highest BCUT2D eigenvalue weighted by Gasteiger charge is 2.68. The fourth-order valence-corrected chi connectivity index (χ4v) is 10.6. The Morgan fingerprint density at radius 2 is 1.83 bits per heavy atom. The van der Waals surface area contributed by atoms with Crippen LogP contribution in [0.2, 0.25) is 18.6 Å². The van der Waals surface area contributed by atoms with Crippen molar-refractivity contribution in [2.75, 3.05) is 0 Å². The summed E-state index contributed by atoms with van der Waals surface area (Å²) in [6.07, 6.45) is 6.37. The number of benzene rings is 1. The monoisotopic (exact) mass is 326 g/mol. The predicted molar refractivity (Wildman–Crippen MR) is 98.6 cm³/mol. The van der Waals surface area contributed by atoms with Crippen molar-refractivity contribution in [1.82, 2.24) is 0 Å². The summed E-state index contributed by atoms with van der Waals surface area (Å²) in [7, 11) is -1.53. The molecule has 0 unspecified atom stereocenters. The van der Waals surface area contributed by atoms with Gasteiger partial charge in [0, 0.05) is 11.3 Å². The predicted octanol–water partition coefficient (Wildman–Crippen LogP) is 4.78. The van der Waals surface area contributed by atoms with Crippen LogP contribution in [-0.4, -0.2) is 13.9 Å². The lowest BCUT2D eigenvalue weighted by molar-refractivity contribution is -0.127. The van der Waals surface area contributed by atoms with Crippen molar-refractivity contribution < 1.29 is 4.79 Å². The maximum atomic E-state index is 13.1. The second kappa shape index (κ2) is 4.81. The number of Topliss-reactive ketones (excluding diaryl/α,β-unsaturated/α-hetero) is 1. The maximum absolute atomic E-state index is 13.1. The molecule has 4 atom stereocenters. The van der Waals surface area contributed by atoms with Crippen molar-refractivity contribution in [1.29, 1.82) is 0 Å². The first-order valence-corrected chi connectivity index (χ1v) is 12.5. The van der Waals surface area contributed by atoms with Gasteiger partial charge in [-0.05, 0) is 42.6 Å². The Labute approximate surface area is 141 Å². The van der Waals surface area contributed by atoms with Crippen LogP contribution in [0.1, 0.15) is 46.0 Å². The summed E-state index contributed by atoms with van der Waals surface area (Å²) < 4.78 is 0. The summed E-state index contributed by atoms with van der Waals surface area (Å²) in [5.41, 5.74) is 1.08. The average molecular weight is 327 g/mol. The number of rotatable bonds is 2. The van der Waals surface area contributed by atoms with Gasteiger partial charge in [0.15, 0.2) is 0 Å². The van der Waals surface area contributed by atoms with Crippen LogP contribution in [0.15, 0.2) is 30.3 Å². The molecular formula is C21H30OSi. The largest absolute Gasteiger partial charge is 0.299 e. The number of ketones is 1. The van der Waals surface area contributed by atoms with E-state index in [1.165, 1.54) is 25.7 Å². The number of carbonyl (C=O) groups excluding carboxylic acids is 1. The molecule has 0 saturated heterocycles. The van der Waals surface area contributed by atoms with Gasteiger partial charge in [0.1, 0.15) is 5.78 Å². The molecule has 3 saturated carbocycles. The number of hydrogen-bond acceptors (Lipinski definition) is 1. The molecule has 4 rings (SSSR count). The molecule has 0 aromatic heterocycles. The molecule has 124 valence electrons. The highest BCUT2D eigenvalue weighted by molar-refractivity contribution is 6.91. The van der Waals surface area contributed by atoms with Crippen molar-refractivity contribution in [2.24, 2.45) is 22.7 Å². The highest BCUT2D eigenvalue weighted by atomic mass is 28.3. The minimum absolute atomic E-state index is 0.0727. The Kier molecular flexibility index (Phi) is 3.27. The number of carbonyl (C=O) groups is 1. The molecule has 1 aromatic carbocycles. The fraction of sp³-hybridized carbons (Fsp3) is 0.667. The van der Waals surface area contributed by atoms with E-state index in [9.17, 15) is 4.79 Å². The summed E-state index contributed by atoms with van der Waals surface area (Å²) in [5, 5.41) is 1.58. The van der Waals surface area contributed by atoms with Gasteiger partial charge in [-0.3, -0.25) is 4.79 Å². The SMILES string of the molecule is CC1(C)C[C@@]23CCC[C@@H]2[C@@H]([Si](C)(C)c2ccccc2)C[C@H]3C1=O. The summed E-state index contributed by atoms with van der Waals surface area (Å²) >= 11 is 0. The van der Waals surface area contributed by atoms with Crippen molar-refractivity contribution >= 4 is 19.0 Å². The zero-order valence-corrected chi connectivity index (χ0v) is 16.1. The van der Waals surface area contributed by atoms with Crippen LogP contribution in [0, 0.1) is 22.7 Å². The Balaban J connectivity index is 1.73. The summed E-state index contributed by atoms with van der Waals surface area (Å²) in [4.78, 5) is 13.1. The Hall–Kier alpha value is -0.893. The number of hydrogen-bond donors (Lipinski definition) is 0. The molecule has 0 heterocycles. The average Bonchev–Trinajstić information content (AvgIpc) is 3.08. The summed E-state index contributed by atoms with van der Waals surface area (Å²) in [5.74, 6) is 1.76. The van der Waals surface area contributed by atoms with Crippen LogP contribution in [0.4, 0.5) is 0 Å². The van der Waals surface area contributed by atoms with E-state index in [0.29, 0.717) is 17.1 Å². The third-order valence-corrected chi connectivity index (χ3v) is 12.1. The molecular weight excluding hydrogens is 296 g/mol. The van der Waals surface area contributed by atoms with Gasteiger partial charge in [-0.2, -0.15) is 0 Å². The Bertz CT molecular complexity index is 633. The van der Waals surface area contributed by atoms with Gasteiger partial charge in [-0.25, -0.2) is 0 Å². The second-order valence-electron chi connectivity index (χ2n) is 9.64. The Morgan fingerprint density at radius 1 is 1.13 bits per heavy atom. The van der Waals surface area contributed by atoms with Gasteiger partial charge in [0.2, 0.25) is 0 Å². The topological polar surface area (TPSA) is 17.1 Å². The first-order valence-electron chi connectivity index (χ1n) is 9.39. The van der Waals surface area contributed by atoms with E-state index in [4.69, 9.17) is 0 Å². The minimum Gasteiger partial charge on any atom is -0.299 e. The molecule has 3 aliphatic carbocycles. The molecule has 1 aromatic rings. The van der Waals surface area contributed by atoms with Gasteiger partial charge >= 0.3 is 0 Å². The third-order valence-electron chi connectivity index (χ3n) is 7.76. The van der Waals surface area contributed by atoms with E-state index in [1.807, 2.05) is 0 Å². The lowest BCUT2D eigenvalue weighted by Crippen LogP contribution is -2.48. The maximum Gasteiger partial charge on any atom is 0.142 e. The van der Waals surface area contributed by atoms with Crippen LogP contribution in [0.5, 0.6) is 0 Å². The van der Waals surface area contributed by atoms with E-state index in [0.717, 1.165) is 17.9 Å². The standard InChI is InChI=1S/C21H30OSi/c1-20(2)14-21-12-8-11-16(21)18(13-17(21)19(20)22)23(3,4)15-9-6-5-7-10-15/h5-7,9-10,16-18H,8,11-14H2,1-4H3/t16-,17+,18+,21+/m1/s1. The molecule has 23 heavy (non-hydrogen) atoms. The van der Waals surface area contributed by atoms with E-state index in [-0.39, 0.29) is 5.41 Å². The van der Waals surface area contributed by atoms with Crippen molar-refractivity contribution in [2.45, 2.75) is 64.6 Å². The van der Waals surface area contributed by atoms with Crippen molar-refractivity contribution in [3.05, 3.63) is 30.3 Å². The lowest BCUT2D eigenvalue weighted by Gasteiger charge is -2.38. The fourth-order valence-electron chi connectivity index (χ4n) is 6.78. The third kappa shape index (κ3) is 2.00. The highest BCUT2D eigenvalue weighted by Crippen LogP contribution is 2.71. The smallest absolute Gasteiger partial charge is 0.142 e. The molecule has 3 fully saturated rings. The van der Waals surface area contributed by atoms with Crippen LogP contribution < -0.4 is 5.19 Å². The second-order valence-corrected chi connectivity index (χ2v) is 14.4. The molecule has 0 radical (unpaired) electrons. The molecule has 0 N–H and O–H groups in total. The normalized spacial score (nSPS) is 38.6. The van der Waals surface area contributed by atoms with Crippen LogP contribution in [0.25, 0.3) is 0 Å². The quantitative estimate of drug-likeness (QED) is 0.715. The molecule has 0 bridgehead atoms. The van der Waals surface area contributed by atoms with Gasteiger partial charge in [-0.1, -0.05) is 68.9 Å². The summed E-state index contributed by atoms with van der Waals surface area (Å²) in [6.45, 7) is 9.50. The van der Waals surface area contributed by atoms with Crippen LogP contribution in [-0.2, 0) is 4.79 Å². The van der Waals surface area contributed by atoms with Gasteiger partial charge in [0.05, 0.1) is 8.07 Å². The molecule has 2 heteroatoms. The van der Waals surface area contributed by atoms with E-state index in [1.54, 1.807) is 5.19 Å². The van der Waals surface area contributed by atoms with E-state index in [2.05, 4.69) is 57.3 Å². The van der Waals surface area contributed by atoms with E-state index >= 15 is 0 Å². The zero-order valence-electron chi connectivity index (χ0n) is 15.1. The zero-order chi connectivity index (χ0) is 16.5. The van der Waals surface area contributed by atoms with Gasteiger partial charge < -0.3 is 0 Å². The Morgan fingerprint density at radius 3 is 2.52 bits per heavy atom. The summed E-state index contributed by atoms with van der Waals surface area (Å²) in [6, 6.07) is 11.2.